The van der Waals surface area contributed by atoms with Crippen molar-refractivity contribution in [2.24, 2.45) is 0 Å². The zero-order valence-corrected chi connectivity index (χ0v) is 14.6. The third-order valence-electron chi connectivity index (χ3n) is 5.03. The molecule has 1 aromatic carbocycles. The number of halogens is 1. The number of anilines is 1. The molecule has 2 N–H and O–H groups in total. The Balaban J connectivity index is 1.55. The Morgan fingerprint density at radius 1 is 1.31 bits per heavy atom. The molecule has 4 rings (SSSR count). The molecule has 0 saturated carbocycles. The molecule has 26 heavy (non-hydrogen) atoms. The molecule has 3 heterocycles. The molecule has 0 aliphatic carbocycles. The molecule has 5 nitrogen and oxygen atoms in total. The molecule has 1 fully saturated rings. The van der Waals surface area contributed by atoms with Gasteiger partial charge in [-0.15, -0.1) is 0 Å². The van der Waals surface area contributed by atoms with Gasteiger partial charge in [0.2, 0.25) is 0 Å². The lowest BCUT2D eigenvalue weighted by Crippen LogP contribution is -2.39. The minimum absolute atomic E-state index is 0.0331. The Morgan fingerprint density at radius 2 is 2.19 bits per heavy atom. The number of hydrogen-bond donors (Lipinski definition) is 2. The summed E-state index contributed by atoms with van der Waals surface area (Å²) in [5, 5.41) is 3.78. The molecule has 0 radical (unpaired) electrons. The van der Waals surface area contributed by atoms with Gasteiger partial charge >= 0.3 is 0 Å². The van der Waals surface area contributed by atoms with Gasteiger partial charge in [-0.05, 0) is 54.8 Å². The minimum atomic E-state index is -0.299. The van der Waals surface area contributed by atoms with E-state index in [0.717, 1.165) is 36.1 Å². The van der Waals surface area contributed by atoms with E-state index in [1.165, 1.54) is 17.7 Å². The van der Waals surface area contributed by atoms with Crippen LogP contribution in [0.3, 0.4) is 0 Å². The highest BCUT2D eigenvalue weighted by atomic mass is 19.1. The van der Waals surface area contributed by atoms with Gasteiger partial charge < -0.3 is 15.2 Å². The summed E-state index contributed by atoms with van der Waals surface area (Å²) in [5.41, 5.74) is 2.48. The molecule has 1 saturated heterocycles. The third-order valence-corrected chi connectivity index (χ3v) is 5.03. The maximum atomic E-state index is 13.4. The van der Waals surface area contributed by atoms with E-state index in [9.17, 15) is 9.18 Å². The third kappa shape index (κ3) is 3.14. The van der Waals surface area contributed by atoms with Crippen LogP contribution < -0.4 is 5.32 Å². The van der Waals surface area contributed by atoms with Crippen LogP contribution in [0.2, 0.25) is 0 Å². The molecule has 1 amide bonds. The number of hydrogen-bond acceptors (Lipinski definition) is 3. The first-order valence-corrected chi connectivity index (χ1v) is 8.85. The molecular weight excluding hydrogens is 331 g/mol. The standard InChI is InChI=1S/C20H21FN4O/c1-22-19-11-13(6-7-23-19)14-3-2-8-25(12-14)20(26)18-10-15-9-16(21)4-5-17(15)24-18/h4-7,9-11,14,24H,2-3,8,12H2,1H3,(H,22,23)/t14-/m0/s1. The van der Waals surface area contributed by atoms with E-state index < -0.39 is 0 Å². The van der Waals surface area contributed by atoms with Crippen LogP contribution in [0.1, 0.15) is 34.8 Å². The summed E-state index contributed by atoms with van der Waals surface area (Å²) in [6.07, 6.45) is 3.81. The first kappa shape index (κ1) is 16.6. The number of nitrogens with one attached hydrogen (secondary N) is 2. The lowest BCUT2D eigenvalue weighted by molar-refractivity contribution is 0.0702. The van der Waals surface area contributed by atoms with E-state index >= 15 is 0 Å². The van der Waals surface area contributed by atoms with Gasteiger partial charge in [-0.25, -0.2) is 9.37 Å². The van der Waals surface area contributed by atoms with E-state index in [-0.39, 0.29) is 11.7 Å². The smallest absolute Gasteiger partial charge is 0.270 e. The van der Waals surface area contributed by atoms with Gasteiger partial charge in [-0.1, -0.05) is 0 Å². The van der Waals surface area contributed by atoms with Crippen molar-refractivity contribution in [2.45, 2.75) is 18.8 Å². The van der Waals surface area contributed by atoms with Crippen molar-refractivity contribution < 1.29 is 9.18 Å². The maximum absolute atomic E-state index is 13.4. The molecule has 2 aromatic heterocycles. The summed E-state index contributed by atoms with van der Waals surface area (Å²) in [6.45, 7) is 1.42. The second kappa shape index (κ2) is 6.78. The Morgan fingerprint density at radius 3 is 3.04 bits per heavy atom. The Bertz CT molecular complexity index is 952. The van der Waals surface area contributed by atoms with Crippen LogP contribution >= 0.6 is 0 Å². The van der Waals surface area contributed by atoms with Gasteiger partial charge in [0.1, 0.15) is 17.3 Å². The second-order valence-electron chi connectivity index (χ2n) is 6.73. The zero-order chi connectivity index (χ0) is 18.1. The fourth-order valence-electron chi connectivity index (χ4n) is 3.66. The number of benzene rings is 1. The molecule has 3 aromatic rings. The topological polar surface area (TPSA) is 61.0 Å². The van der Waals surface area contributed by atoms with Crippen LogP contribution in [-0.2, 0) is 0 Å². The van der Waals surface area contributed by atoms with E-state index in [2.05, 4.69) is 15.3 Å². The highest BCUT2D eigenvalue weighted by Gasteiger charge is 2.26. The van der Waals surface area contributed by atoms with E-state index in [0.29, 0.717) is 18.2 Å². The molecule has 0 unspecified atom stereocenters. The van der Waals surface area contributed by atoms with E-state index in [1.54, 1.807) is 18.3 Å². The highest BCUT2D eigenvalue weighted by Crippen LogP contribution is 2.29. The summed E-state index contributed by atoms with van der Waals surface area (Å²) >= 11 is 0. The quantitative estimate of drug-likeness (QED) is 0.754. The minimum Gasteiger partial charge on any atom is -0.373 e. The Kier molecular flexibility index (Phi) is 4.32. The lowest BCUT2D eigenvalue weighted by atomic mass is 9.91. The molecule has 1 aliphatic rings. The van der Waals surface area contributed by atoms with Crippen LogP contribution in [-0.4, -0.2) is 40.9 Å². The predicted octanol–water partition coefficient (Wildman–Crippen LogP) is 3.76. The Labute approximate surface area is 151 Å². The molecule has 0 spiro atoms. The van der Waals surface area contributed by atoms with Crippen LogP contribution in [0.25, 0.3) is 10.9 Å². The first-order chi connectivity index (χ1) is 12.6. The number of nitrogens with zero attached hydrogens (tertiary/aromatic N) is 2. The van der Waals surface area contributed by atoms with Gasteiger partial charge in [-0.2, -0.15) is 0 Å². The number of carbonyl (C=O) groups excluding carboxylic acids is 1. The monoisotopic (exact) mass is 352 g/mol. The van der Waals surface area contributed by atoms with E-state index in [4.69, 9.17) is 0 Å². The summed E-state index contributed by atoms with van der Waals surface area (Å²) in [4.78, 5) is 22.2. The average molecular weight is 352 g/mol. The van der Waals surface area contributed by atoms with Crippen LogP contribution in [0.15, 0.2) is 42.6 Å². The summed E-state index contributed by atoms with van der Waals surface area (Å²) in [6, 6.07) is 10.3. The van der Waals surface area contributed by atoms with Crippen LogP contribution in [0.5, 0.6) is 0 Å². The normalized spacial score (nSPS) is 17.5. The molecule has 1 atom stereocenters. The Hall–Kier alpha value is -2.89. The maximum Gasteiger partial charge on any atom is 0.270 e. The van der Waals surface area contributed by atoms with Crippen molar-refractivity contribution in [1.29, 1.82) is 0 Å². The molecule has 6 heteroatoms. The van der Waals surface area contributed by atoms with Gasteiger partial charge in [-0.3, -0.25) is 4.79 Å². The molecular formula is C20H21FN4O. The lowest BCUT2D eigenvalue weighted by Gasteiger charge is -2.33. The summed E-state index contributed by atoms with van der Waals surface area (Å²) in [5.74, 6) is 0.800. The number of aromatic amines is 1. The van der Waals surface area contributed by atoms with Gasteiger partial charge in [0.25, 0.3) is 5.91 Å². The van der Waals surface area contributed by atoms with Crippen molar-refractivity contribution in [3.63, 3.8) is 0 Å². The van der Waals surface area contributed by atoms with E-state index in [1.807, 2.05) is 24.1 Å². The molecule has 134 valence electrons. The number of H-pyrrole nitrogens is 1. The molecule has 0 bridgehead atoms. The number of likely N-dealkylation sites (tertiary alicyclic amines) is 1. The van der Waals surface area contributed by atoms with Gasteiger partial charge in [0.05, 0.1) is 0 Å². The van der Waals surface area contributed by atoms with Crippen molar-refractivity contribution in [1.82, 2.24) is 14.9 Å². The average Bonchev–Trinajstić information content (AvgIpc) is 3.10. The number of rotatable bonds is 3. The van der Waals surface area contributed by atoms with Crippen LogP contribution in [0, 0.1) is 5.82 Å². The highest BCUT2D eigenvalue weighted by molar-refractivity contribution is 5.98. The zero-order valence-electron chi connectivity index (χ0n) is 14.6. The largest absolute Gasteiger partial charge is 0.373 e. The van der Waals surface area contributed by atoms with Gasteiger partial charge in [0, 0.05) is 43.2 Å². The number of amides is 1. The summed E-state index contributed by atoms with van der Waals surface area (Å²) in [7, 11) is 1.85. The number of pyridine rings is 1. The first-order valence-electron chi connectivity index (χ1n) is 8.85. The van der Waals surface area contributed by atoms with Crippen molar-refractivity contribution in [3.8, 4) is 0 Å². The SMILES string of the molecule is CNc1cc([C@H]2CCCN(C(=O)c3cc4cc(F)ccc4[nH]3)C2)ccn1. The van der Waals surface area contributed by atoms with Crippen molar-refractivity contribution in [3.05, 3.63) is 59.7 Å². The fraction of sp³-hybridized carbons (Fsp3) is 0.300. The number of fused-ring (bicyclic) bond motifs is 1. The molecule has 1 aliphatic heterocycles. The van der Waals surface area contributed by atoms with Gasteiger partial charge in [0.15, 0.2) is 0 Å². The number of carbonyl (C=O) groups is 1. The predicted molar refractivity (Wildman–Crippen MR) is 99.9 cm³/mol. The van der Waals surface area contributed by atoms with Crippen molar-refractivity contribution >= 4 is 22.6 Å². The number of piperidine rings is 1. The second-order valence-corrected chi connectivity index (χ2v) is 6.73. The summed E-state index contributed by atoms with van der Waals surface area (Å²) < 4.78 is 13.4. The fourth-order valence-corrected chi connectivity index (χ4v) is 3.66. The van der Waals surface area contributed by atoms with Crippen molar-refractivity contribution in [2.75, 3.05) is 25.5 Å². The van der Waals surface area contributed by atoms with Crippen LogP contribution in [0.4, 0.5) is 10.2 Å². The number of aromatic nitrogens is 2.